The molecule has 3 aromatic carbocycles. The van der Waals surface area contributed by atoms with Crippen molar-refractivity contribution < 1.29 is 0 Å². The quantitative estimate of drug-likeness (QED) is 0.316. The van der Waals surface area contributed by atoms with Crippen LogP contribution in [0.4, 0.5) is 0 Å². The summed E-state index contributed by atoms with van der Waals surface area (Å²) in [4.78, 5) is 0. The average molecular weight is 325 g/mol. The lowest BCUT2D eigenvalue weighted by Gasteiger charge is -2.02. The summed E-state index contributed by atoms with van der Waals surface area (Å²) in [6.45, 7) is 3.67. The van der Waals surface area contributed by atoms with Crippen molar-refractivity contribution in [3.05, 3.63) is 84.5 Å². The standard InChI is InChI=1S/C22H15NS/c1-2-15(14-23)7-8-16-9-11-20-19(13-16)22-18-6-4-3-5-17(18)10-12-21(22)24-20/h2-7,9-13H,1,8H2/b15-7+. The largest absolute Gasteiger partial charge is 0.192 e. The fraction of sp³-hybridized carbons (Fsp3) is 0.0455. The lowest BCUT2D eigenvalue weighted by molar-refractivity contribution is 1.27. The van der Waals surface area contributed by atoms with Gasteiger partial charge >= 0.3 is 0 Å². The van der Waals surface area contributed by atoms with Crippen LogP contribution in [0.3, 0.4) is 0 Å². The van der Waals surface area contributed by atoms with Gasteiger partial charge in [0.1, 0.15) is 0 Å². The minimum atomic E-state index is 0.621. The van der Waals surface area contributed by atoms with Crippen LogP contribution in [0.25, 0.3) is 30.9 Å². The van der Waals surface area contributed by atoms with Crippen molar-refractivity contribution in [3.63, 3.8) is 0 Å². The van der Waals surface area contributed by atoms with Crippen molar-refractivity contribution in [1.29, 1.82) is 5.26 Å². The van der Waals surface area contributed by atoms with Crippen LogP contribution < -0.4 is 0 Å². The van der Waals surface area contributed by atoms with E-state index in [9.17, 15) is 0 Å². The highest BCUT2D eigenvalue weighted by Gasteiger charge is 2.09. The fourth-order valence-corrected chi connectivity index (χ4v) is 4.23. The van der Waals surface area contributed by atoms with Gasteiger partial charge in [-0.15, -0.1) is 11.3 Å². The van der Waals surface area contributed by atoms with Crippen LogP contribution in [0, 0.1) is 11.3 Å². The van der Waals surface area contributed by atoms with Gasteiger partial charge in [-0.05, 0) is 41.0 Å². The number of hydrogen-bond donors (Lipinski definition) is 0. The number of thiophene rings is 1. The first kappa shape index (κ1) is 14.7. The van der Waals surface area contributed by atoms with Crippen molar-refractivity contribution in [2.45, 2.75) is 6.42 Å². The van der Waals surface area contributed by atoms with E-state index in [-0.39, 0.29) is 0 Å². The second-order valence-corrected chi connectivity index (χ2v) is 6.86. The van der Waals surface area contributed by atoms with Gasteiger partial charge in [0.2, 0.25) is 0 Å². The Kier molecular flexibility index (Phi) is 3.65. The monoisotopic (exact) mass is 325 g/mol. The summed E-state index contributed by atoms with van der Waals surface area (Å²) in [5, 5.41) is 14.2. The normalized spacial score (nSPS) is 11.9. The number of nitrogens with zero attached hydrogens (tertiary/aromatic N) is 1. The molecule has 0 saturated carbocycles. The maximum absolute atomic E-state index is 9.01. The van der Waals surface area contributed by atoms with Gasteiger partial charge in [0, 0.05) is 25.7 Å². The number of fused-ring (bicyclic) bond motifs is 5. The van der Waals surface area contributed by atoms with Gasteiger partial charge < -0.3 is 0 Å². The predicted molar refractivity (Wildman–Crippen MR) is 104 cm³/mol. The molecular formula is C22H15NS. The zero-order valence-corrected chi connectivity index (χ0v) is 13.9. The number of rotatable bonds is 3. The molecule has 0 bridgehead atoms. The van der Waals surface area contributed by atoms with Crippen molar-refractivity contribution in [1.82, 2.24) is 0 Å². The highest BCUT2D eigenvalue weighted by molar-refractivity contribution is 7.26. The van der Waals surface area contributed by atoms with E-state index in [1.165, 1.54) is 36.5 Å². The maximum Gasteiger partial charge on any atom is 0.0988 e. The fourth-order valence-electron chi connectivity index (χ4n) is 3.12. The lowest BCUT2D eigenvalue weighted by atomic mass is 10.0. The van der Waals surface area contributed by atoms with Crippen LogP contribution in [0.15, 0.2) is 78.9 Å². The Hall–Kier alpha value is -2.89. The molecule has 0 radical (unpaired) electrons. The van der Waals surface area contributed by atoms with Gasteiger partial charge in [0.05, 0.1) is 6.07 Å². The summed E-state index contributed by atoms with van der Waals surface area (Å²) in [6.07, 6.45) is 4.28. The predicted octanol–water partition coefficient (Wildman–Crippen LogP) is 6.39. The molecule has 0 aliphatic carbocycles. The van der Waals surface area contributed by atoms with Crippen molar-refractivity contribution >= 4 is 42.3 Å². The molecule has 114 valence electrons. The SMILES string of the molecule is C=C/C(C#N)=C\Cc1ccc2sc3ccc4ccccc4c3c2c1. The Balaban J connectivity index is 1.93. The molecule has 0 atom stereocenters. The molecule has 2 heteroatoms. The molecule has 1 aromatic heterocycles. The third kappa shape index (κ3) is 2.40. The van der Waals surface area contributed by atoms with Crippen LogP contribution in [-0.2, 0) is 6.42 Å². The Morgan fingerprint density at radius 2 is 1.88 bits per heavy atom. The molecule has 0 aliphatic rings. The summed E-state index contributed by atoms with van der Waals surface area (Å²) >= 11 is 1.83. The van der Waals surface area contributed by atoms with Gasteiger partial charge in [-0.25, -0.2) is 0 Å². The minimum Gasteiger partial charge on any atom is -0.192 e. The number of nitriles is 1. The Morgan fingerprint density at radius 1 is 1.04 bits per heavy atom. The molecule has 0 spiro atoms. The molecule has 0 saturated heterocycles. The van der Waals surface area contributed by atoms with E-state index in [1.54, 1.807) is 6.08 Å². The molecule has 0 amide bonds. The van der Waals surface area contributed by atoms with Crippen LogP contribution in [0.5, 0.6) is 0 Å². The molecule has 4 rings (SSSR count). The molecule has 4 aromatic rings. The Bertz CT molecular complexity index is 1160. The third-order valence-corrected chi connectivity index (χ3v) is 5.47. The molecular weight excluding hydrogens is 310 g/mol. The second kappa shape index (κ2) is 5.96. The van der Waals surface area contributed by atoms with Crippen LogP contribution in [-0.4, -0.2) is 0 Å². The summed E-state index contributed by atoms with van der Waals surface area (Å²) in [5.74, 6) is 0. The summed E-state index contributed by atoms with van der Waals surface area (Å²) in [7, 11) is 0. The topological polar surface area (TPSA) is 23.8 Å². The zero-order chi connectivity index (χ0) is 16.5. The van der Waals surface area contributed by atoms with E-state index in [4.69, 9.17) is 5.26 Å². The number of hydrogen-bond acceptors (Lipinski definition) is 2. The molecule has 0 aliphatic heterocycles. The molecule has 1 heterocycles. The number of benzene rings is 3. The third-order valence-electron chi connectivity index (χ3n) is 4.33. The lowest BCUT2D eigenvalue weighted by Crippen LogP contribution is -1.82. The first-order valence-electron chi connectivity index (χ1n) is 7.86. The maximum atomic E-state index is 9.01. The molecule has 0 N–H and O–H groups in total. The Labute approximate surface area is 144 Å². The first-order valence-corrected chi connectivity index (χ1v) is 8.67. The van der Waals surface area contributed by atoms with Crippen LogP contribution >= 0.6 is 11.3 Å². The smallest absolute Gasteiger partial charge is 0.0988 e. The van der Waals surface area contributed by atoms with Crippen molar-refractivity contribution in [2.75, 3.05) is 0 Å². The van der Waals surface area contributed by atoms with Gasteiger partial charge in [0.25, 0.3) is 0 Å². The average Bonchev–Trinajstić information content (AvgIpc) is 3.01. The first-order chi connectivity index (χ1) is 11.8. The summed E-state index contributed by atoms with van der Waals surface area (Å²) in [5.41, 5.74) is 1.83. The Morgan fingerprint density at radius 3 is 2.71 bits per heavy atom. The van der Waals surface area contributed by atoms with Gasteiger partial charge in [-0.1, -0.05) is 55.1 Å². The van der Waals surface area contributed by atoms with E-state index in [0.717, 1.165) is 6.42 Å². The minimum absolute atomic E-state index is 0.621. The second-order valence-electron chi connectivity index (χ2n) is 5.77. The van der Waals surface area contributed by atoms with Gasteiger partial charge in [0.15, 0.2) is 0 Å². The van der Waals surface area contributed by atoms with Crippen molar-refractivity contribution in [2.24, 2.45) is 0 Å². The van der Waals surface area contributed by atoms with Crippen LogP contribution in [0.2, 0.25) is 0 Å². The molecule has 24 heavy (non-hydrogen) atoms. The molecule has 1 nitrogen and oxygen atoms in total. The van der Waals surface area contributed by atoms with Crippen LogP contribution in [0.1, 0.15) is 5.56 Å². The summed E-state index contributed by atoms with van der Waals surface area (Å²) in [6, 6.07) is 21.7. The summed E-state index contributed by atoms with van der Waals surface area (Å²) < 4.78 is 2.62. The van der Waals surface area contributed by atoms with E-state index < -0.39 is 0 Å². The van der Waals surface area contributed by atoms with Gasteiger partial charge in [-0.2, -0.15) is 5.26 Å². The van der Waals surface area contributed by atoms with E-state index in [1.807, 2.05) is 17.4 Å². The van der Waals surface area contributed by atoms with E-state index in [2.05, 4.69) is 67.2 Å². The zero-order valence-electron chi connectivity index (χ0n) is 13.1. The highest BCUT2D eigenvalue weighted by atomic mass is 32.1. The van der Waals surface area contributed by atoms with E-state index >= 15 is 0 Å². The van der Waals surface area contributed by atoms with E-state index in [0.29, 0.717) is 5.57 Å². The molecule has 0 unspecified atom stereocenters. The highest BCUT2D eigenvalue weighted by Crippen LogP contribution is 2.38. The molecule has 0 fully saturated rings. The van der Waals surface area contributed by atoms with Gasteiger partial charge in [-0.3, -0.25) is 0 Å². The number of allylic oxidation sites excluding steroid dienone is 3. The van der Waals surface area contributed by atoms with Crippen molar-refractivity contribution in [3.8, 4) is 6.07 Å².